The van der Waals surface area contributed by atoms with Crippen molar-refractivity contribution in [3.8, 4) is 0 Å². The van der Waals surface area contributed by atoms with Crippen LogP contribution in [0, 0.1) is 12.7 Å². The number of aromatic nitrogens is 1. The minimum atomic E-state index is -0.163. The lowest BCUT2D eigenvalue weighted by molar-refractivity contribution is 0.281. The second-order valence-corrected chi connectivity index (χ2v) is 9.30. The number of halogens is 1. The fraction of sp³-hybridized carbons (Fsp3) is 0.333. The van der Waals surface area contributed by atoms with Crippen LogP contribution in [0.5, 0.6) is 0 Å². The molecule has 1 atom stereocenters. The first-order chi connectivity index (χ1) is 14.7. The van der Waals surface area contributed by atoms with E-state index in [1.807, 2.05) is 6.07 Å². The number of hydrogen-bond donors (Lipinski definition) is 1. The van der Waals surface area contributed by atoms with E-state index in [4.69, 9.17) is 9.98 Å². The molecular formula is C24H25FN4S. The second kappa shape index (κ2) is 8.28. The van der Waals surface area contributed by atoms with Crippen LogP contribution in [0.3, 0.4) is 0 Å². The third kappa shape index (κ3) is 4.02. The van der Waals surface area contributed by atoms with Crippen LogP contribution in [0.25, 0.3) is 0 Å². The van der Waals surface area contributed by atoms with E-state index >= 15 is 0 Å². The summed E-state index contributed by atoms with van der Waals surface area (Å²) in [6, 6.07) is 15.7. The molecule has 4 nitrogen and oxygen atoms in total. The molecule has 1 aromatic heterocycles. The molecule has 0 amide bonds. The maximum atomic E-state index is 13.5. The highest BCUT2D eigenvalue weighted by Crippen LogP contribution is 2.32. The van der Waals surface area contributed by atoms with Gasteiger partial charge in [0, 0.05) is 37.0 Å². The molecule has 0 aliphatic carbocycles. The molecule has 3 aromatic rings. The first-order valence-corrected chi connectivity index (χ1v) is 11.3. The number of amidine groups is 1. The Morgan fingerprint density at radius 1 is 1.20 bits per heavy atom. The fourth-order valence-corrected chi connectivity index (χ4v) is 5.29. The van der Waals surface area contributed by atoms with Crippen molar-refractivity contribution in [2.24, 2.45) is 4.99 Å². The summed E-state index contributed by atoms with van der Waals surface area (Å²) >= 11 is 1.77. The highest BCUT2D eigenvalue weighted by atomic mass is 32.1. The van der Waals surface area contributed by atoms with Crippen molar-refractivity contribution >= 4 is 22.9 Å². The maximum absolute atomic E-state index is 13.5. The van der Waals surface area contributed by atoms with Crippen molar-refractivity contribution in [2.45, 2.75) is 32.2 Å². The summed E-state index contributed by atoms with van der Waals surface area (Å²) in [5, 5.41) is 4.72. The summed E-state index contributed by atoms with van der Waals surface area (Å²) in [4.78, 5) is 13.6. The normalized spacial score (nSPS) is 18.4. The minimum Gasteiger partial charge on any atom is -0.352 e. The van der Waals surface area contributed by atoms with E-state index in [-0.39, 0.29) is 5.82 Å². The summed E-state index contributed by atoms with van der Waals surface area (Å²) in [5.74, 6) is 0.834. The smallest absolute Gasteiger partial charge is 0.156 e. The Kier molecular flexibility index (Phi) is 5.35. The molecule has 0 radical (unpaired) electrons. The molecule has 0 bridgehead atoms. The van der Waals surface area contributed by atoms with E-state index < -0.39 is 0 Å². The molecule has 0 spiro atoms. The van der Waals surface area contributed by atoms with Crippen LogP contribution in [0.2, 0.25) is 0 Å². The third-order valence-electron chi connectivity index (χ3n) is 5.81. The van der Waals surface area contributed by atoms with E-state index in [1.165, 1.54) is 16.5 Å². The Morgan fingerprint density at radius 2 is 2.10 bits per heavy atom. The number of rotatable bonds is 3. The minimum absolute atomic E-state index is 0.163. The molecule has 154 valence electrons. The van der Waals surface area contributed by atoms with Gasteiger partial charge in [0.05, 0.1) is 10.7 Å². The first-order valence-electron chi connectivity index (χ1n) is 10.5. The molecule has 3 heterocycles. The number of hydrogen-bond acceptors (Lipinski definition) is 5. The topological polar surface area (TPSA) is 40.5 Å². The Hall–Kier alpha value is -2.57. The van der Waals surface area contributed by atoms with Gasteiger partial charge in [-0.05, 0) is 49.1 Å². The van der Waals surface area contributed by atoms with Gasteiger partial charge in [0.2, 0.25) is 0 Å². The summed E-state index contributed by atoms with van der Waals surface area (Å²) in [6.07, 6.45) is 2.71. The summed E-state index contributed by atoms with van der Waals surface area (Å²) in [5.41, 5.74) is 4.40. The molecule has 0 saturated carbocycles. The molecule has 1 fully saturated rings. The zero-order chi connectivity index (χ0) is 20.5. The molecule has 2 aliphatic heterocycles. The Morgan fingerprint density at radius 3 is 3.00 bits per heavy atom. The largest absolute Gasteiger partial charge is 0.352 e. The van der Waals surface area contributed by atoms with Crippen LogP contribution < -0.4 is 5.32 Å². The van der Waals surface area contributed by atoms with Crippen LogP contribution in [-0.2, 0) is 12.8 Å². The number of piperazine rings is 1. The van der Waals surface area contributed by atoms with Gasteiger partial charge in [-0.1, -0.05) is 30.3 Å². The number of aliphatic imine (C=N–C) groups is 1. The molecule has 0 unspecified atom stereocenters. The number of thiazole rings is 1. The first kappa shape index (κ1) is 19.4. The zero-order valence-corrected chi connectivity index (χ0v) is 17.9. The molecule has 6 heteroatoms. The fourth-order valence-electron chi connectivity index (χ4n) is 4.34. The highest BCUT2D eigenvalue weighted by molar-refractivity contribution is 7.11. The average molecular weight is 421 g/mol. The third-order valence-corrected chi connectivity index (χ3v) is 6.78. The lowest BCUT2D eigenvalue weighted by atomic mass is 10.0. The van der Waals surface area contributed by atoms with Crippen LogP contribution >= 0.6 is 11.3 Å². The van der Waals surface area contributed by atoms with Crippen molar-refractivity contribution in [1.29, 1.82) is 0 Å². The Bertz CT molecular complexity index is 1090. The second-order valence-electron chi connectivity index (χ2n) is 8.01. The van der Waals surface area contributed by atoms with Gasteiger partial charge in [-0.2, -0.15) is 0 Å². The van der Waals surface area contributed by atoms with Crippen LogP contribution in [0.4, 0.5) is 10.1 Å². The number of aryl methyl sites for hydroxylation is 2. The van der Waals surface area contributed by atoms with Gasteiger partial charge >= 0.3 is 0 Å². The molecule has 30 heavy (non-hydrogen) atoms. The number of para-hydroxylation sites is 1. The lowest BCUT2D eigenvalue weighted by Gasteiger charge is -2.35. The zero-order valence-electron chi connectivity index (χ0n) is 17.1. The van der Waals surface area contributed by atoms with Gasteiger partial charge in [-0.15, -0.1) is 11.3 Å². The predicted molar refractivity (Wildman–Crippen MR) is 120 cm³/mol. The molecule has 1 saturated heterocycles. The van der Waals surface area contributed by atoms with E-state index in [1.54, 1.807) is 23.5 Å². The van der Waals surface area contributed by atoms with E-state index in [2.05, 4.69) is 41.4 Å². The molecule has 2 aromatic carbocycles. The van der Waals surface area contributed by atoms with Crippen molar-refractivity contribution in [2.75, 3.05) is 19.6 Å². The van der Waals surface area contributed by atoms with E-state index in [0.29, 0.717) is 6.04 Å². The monoisotopic (exact) mass is 420 g/mol. The van der Waals surface area contributed by atoms with E-state index in [0.717, 1.165) is 66.7 Å². The van der Waals surface area contributed by atoms with Gasteiger partial charge in [0.15, 0.2) is 5.84 Å². The van der Waals surface area contributed by atoms with Gasteiger partial charge < -0.3 is 10.2 Å². The van der Waals surface area contributed by atoms with Crippen LogP contribution in [-0.4, -0.2) is 41.4 Å². The number of fused-ring (bicyclic) bond motifs is 2. The lowest BCUT2D eigenvalue weighted by Crippen LogP contribution is -2.53. The highest BCUT2D eigenvalue weighted by Gasteiger charge is 2.28. The molecule has 5 rings (SSSR count). The predicted octanol–water partition coefficient (Wildman–Crippen LogP) is 4.48. The van der Waals surface area contributed by atoms with Crippen LogP contribution in [0.1, 0.15) is 33.1 Å². The summed E-state index contributed by atoms with van der Waals surface area (Å²) in [6.45, 7) is 4.77. The van der Waals surface area contributed by atoms with Crippen molar-refractivity contribution in [1.82, 2.24) is 15.2 Å². The number of benzene rings is 2. The van der Waals surface area contributed by atoms with Crippen molar-refractivity contribution in [3.63, 3.8) is 0 Å². The van der Waals surface area contributed by atoms with Gasteiger partial charge in [-0.3, -0.25) is 0 Å². The van der Waals surface area contributed by atoms with Crippen LogP contribution in [0.15, 0.2) is 53.5 Å². The summed E-state index contributed by atoms with van der Waals surface area (Å²) < 4.78 is 13.5. The standard InChI is InChI=1S/C24H25FN4S/c1-16-27-23-22(30-16)14-18-6-2-3-8-21(18)28-24(23)29-12-11-26-20(15-29)10-9-17-5-4-7-19(25)13-17/h2-8,13,20,26H,9-12,14-15H2,1H3/t20-/m0/s1. The van der Waals surface area contributed by atoms with Crippen molar-refractivity contribution < 1.29 is 4.39 Å². The van der Waals surface area contributed by atoms with Gasteiger partial charge in [0.1, 0.15) is 11.5 Å². The Labute approximate surface area is 180 Å². The maximum Gasteiger partial charge on any atom is 0.156 e. The van der Waals surface area contributed by atoms with E-state index in [9.17, 15) is 4.39 Å². The SMILES string of the molecule is Cc1nc2c(s1)Cc1ccccc1N=C2N1CCN[C@@H](CCc2cccc(F)c2)C1. The molecular weight excluding hydrogens is 395 g/mol. The van der Waals surface area contributed by atoms with Gasteiger partial charge in [0.25, 0.3) is 0 Å². The molecule has 2 aliphatic rings. The quantitative estimate of drug-likeness (QED) is 0.679. The van der Waals surface area contributed by atoms with Gasteiger partial charge in [-0.25, -0.2) is 14.4 Å². The number of nitrogens with zero attached hydrogens (tertiary/aromatic N) is 3. The Balaban J connectivity index is 1.39. The average Bonchev–Trinajstić information content (AvgIpc) is 3.04. The van der Waals surface area contributed by atoms with Crippen molar-refractivity contribution in [3.05, 3.63) is 81.1 Å². The summed E-state index contributed by atoms with van der Waals surface area (Å²) in [7, 11) is 0. The number of nitrogens with one attached hydrogen (secondary N) is 1. The molecule has 1 N–H and O–H groups in total.